The summed E-state index contributed by atoms with van der Waals surface area (Å²) in [5.74, 6) is -3.85. The van der Waals surface area contributed by atoms with E-state index in [0.717, 1.165) is 16.9 Å². The Bertz CT molecular complexity index is 2240. The molecule has 3 aromatic rings. The van der Waals surface area contributed by atoms with E-state index < -0.39 is 42.2 Å². The third kappa shape index (κ3) is 20.6. The number of anilines is 1. The number of aromatic nitrogens is 2. The second-order valence-corrected chi connectivity index (χ2v) is 15.6. The van der Waals surface area contributed by atoms with Gasteiger partial charge in [0.2, 0.25) is 17.8 Å². The zero-order valence-electron chi connectivity index (χ0n) is 39.3. The summed E-state index contributed by atoms with van der Waals surface area (Å²) in [6.07, 6.45) is 4.33. The first kappa shape index (κ1) is 55.4. The quantitative estimate of drug-likeness (QED) is 0.0305. The van der Waals surface area contributed by atoms with Gasteiger partial charge in [0, 0.05) is 69.3 Å². The van der Waals surface area contributed by atoms with Crippen LogP contribution in [0.4, 0.5) is 5.95 Å². The Labute approximate surface area is 404 Å². The van der Waals surface area contributed by atoms with E-state index in [0.29, 0.717) is 69.8 Å². The molecule has 1 atom stereocenters. The van der Waals surface area contributed by atoms with Crippen molar-refractivity contribution in [2.75, 3.05) is 97.5 Å². The number of ether oxygens (including phenoxy) is 5. The van der Waals surface area contributed by atoms with Crippen molar-refractivity contribution in [1.29, 1.82) is 0 Å². The molecule has 23 nitrogen and oxygen atoms in total. The highest BCUT2D eigenvalue weighted by Gasteiger charge is 2.26. The van der Waals surface area contributed by atoms with Crippen molar-refractivity contribution in [2.24, 2.45) is 0 Å². The predicted octanol–water partition coefficient (Wildman–Crippen LogP) is 0.935. The molecule has 0 saturated heterocycles. The fourth-order valence-electron chi connectivity index (χ4n) is 6.57. The minimum atomic E-state index is -1.52. The number of rotatable bonds is 34. The van der Waals surface area contributed by atoms with E-state index in [2.05, 4.69) is 36.6 Å². The molecule has 0 bridgehead atoms. The Morgan fingerprint density at radius 3 is 1.96 bits per heavy atom. The third-order valence-electron chi connectivity index (χ3n) is 10.1. The number of phenolic OH excluding ortho intramolecular Hbond substituents is 2. The van der Waals surface area contributed by atoms with Crippen molar-refractivity contribution in [1.82, 2.24) is 36.1 Å². The molecule has 0 spiro atoms. The standard InChI is InChI=1S/C47H62N8O15/c1-31-43(32(2)53-47(52-31)50-13-4-7-33-6-3-8-35(56)26-33)45(63)54-38(46(64)65)30-51-44(62)34-27-36(57)29-37(28-34)70-17-5-14-48-40(59)12-18-66-20-22-68-24-25-69-23-21-67-19-15-49-39(58)11-16-55-41(60)9-10-42(55)61/h3,6,8-10,26-29,38,56-57H,4-5,7,11-25,30H2,1-2H3,(H,48,59)(H,49,58)(H,51,62)(H,54,63)(H,64,65)(H,50,52,53)/t38-/m0/s1. The first-order valence-electron chi connectivity index (χ1n) is 22.7. The van der Waals surface area contributed by atoms with Crippen LogP contribution in [-0.4, -0.2) is 170 Å². The van der Waals surface area contributed by atoms with Gasteiger partial charge in [-0.25, -0.2) is 14.8 Å². The average Bonchev–Trinajstić information content (AvgIpc) is 3.64. The Morgan fingerprint density at radius 2 is 1.30 bits per heavy atom. The summed E-state index contributed by atoms with van der Waals surface area (Å²) < 4.78 is 27.4. The van der Waals surface area contributed by atoms with Crippen molar-refractivity contribution in [2.45, 2.75) is 52.0 Å². The van der Waals surface area contributed by atoms with Gasteiger partial charge in [0.05, 0.1) is 76.4 Å². The lowest BCUT2D eigenvalue weighted by molar-refractivity contribution is -0.139. The second-order valence-electron chi connectivity index (χ2n) is 15.6. The van der Waals surface area contributed by atoms with E-state index in [-0.39, 0.29) is 99.1 Å². The van der Waals surface area contributed by atoms with Gasteiger partial charge in [-0.2, -0.15) is 0 Å². The summed E-state index contributed by atoms with van der Waals surface area (Å²) in [6, 6.07) is 9.31. The highest BCUT2D eigenvalue weighted by molar-refractivity contribution is 6.13. The summed E-state index contributed by atoms with van der Waals surface area (Å²) in [6.45, 7) is 6.37. The number of amides is 6. The summed E-state index contributed by atoms with van der Waals surface area (Å²) in [5.41, 5.74) is 1.69. The van der Waals surface area contributed by atoms with E-state index in [1.54, 1.807) is 32.0 Å². The number of benzene rings is 2. The van der Waals surface area contributed by atoms with Gasteiger partial charge in [0.1, 0.15) is 23.3 Å². The zero-order chi connectivity index (χ0) is 50.7. The van der Waals surface area contributed by atoms with Crippen molar-refractivity contribution in [3.63, 3.8) is 0 Å². The fourth-order valence-corrected chi connectivity index (χ4v) is 6.57. The lowest BCUT2D eigenvalue weighted by atomic mass is 10.1. The van der Waals surface area contributed by atoms with Crippen LogP contribution in [0.25, 0.3) is 0 Å². The van der Waals surface area contributed by atoms with Gasteiger partial charge in [0.25, 0.3) is 23.6 Å². The molecular formula is C47H62N8O15. The number of nitrogens with one attached hydrogen (secondary N) is 5. The normalized spacial score (nSPS) is 12.4. The smallest absolute Gasteiger partial charge is 0.328 e. The van der Waals surface area contributed by atoms with Gasteiger partial charge in [-0.15, -0.1) is 0 Å². The molecule has 8 N–H and O–H groups in total. The Hall–Kier alpha value is -7.21. The molecule has 380 valence electrons. The zero-order valence-corrected chi connectivity index (χ0v) is 39.3. The summed E-state index contributed by atoms with van der Waals surface area (Å²) in [7, 11) is 0. The first-order valence-corrected chi connectivity index (χ1v) is 22.7. The molecule has 1 aliphatic rings. The van der Waals surface area contributed by atoms with E-state index in [1.807, 2.05) is 6.07 Å². The lowest BCUT2D eigenvalue weighted by Gasteiger charge is -2.17. The number of aliphatic carboxylic acids is 1. The number of carboxylic acids is 1. The number of hydrogen-bond donors (Lipinski definition) is 8. The summed E-state index contributed by atoms with van der Waals surface area (Å²) >= 11 is 0. The minimum absolute atomic E-state index is 0.0125. The Morgan fingerprint density at radius 1 is 0.671 bits per heavy atom. The van der Waals surface area contributed by atoms with Crippen LogP contribution in [0.2, 0.25) is 0 Å². The molecule has 23 heteroatoms. The van der Waals surface area contributed by atoms with Crippen LogP contribution in [0.3, 0.4) is 0 Å². The molecule has 0 saturated carbocycles. The van der Waals surface area contributed by atoms with Crippen LogP contribution in [0, 0.1) is 13.8 Å². The van der Waals surface area contributed by atoms with Gasteiger partial charge < -0.3 is 65.6 Å². The van der Waals surface area contributed by atoms with E-state index in [4.69, 9.17) is 23.7 Å². The van der Waals surface area contributed by atoms with Crippen LogP contribution in [-0.2, 0) is 49.3 Å². The van der Waals surface area contributed by atoms with Gasteiger partial charge >= 0.3 is 5.97 Å². The number of phenols is 2. The molecule has 2 aromatic carbocycles. The first-order chi connectivity index (χ1) is 33.7. The van der Waals surface area contributed by atoms with Crippen LogP contribution in [0.15, 0.2) is 54.6 Å². The SMILES string of the molecule is Cc1nc(NCCCc2cccc(O)c2)nc(C)c1C(=O)N[C@@H](CNC(=O)c1cc(O)cc(OCCCNC(=O)CCOCCOCCOCCOCCNC(=O)CCN2C(=O)C=CC2=O)c1)C(=O)O. The van der Waals surface area contributed by atoms with Crippen molar-refractivity contribution < 1.29 is 72.6 Å². The van der Waals surface area contributed by atoms with Crippen molar-refractivity contribution in [3.05, 3.63) is 82.7 Å². The Balaban J connectivity index is 1.00. The van der Waals surface area contributed by atoms with Gasteiger partial charge in [-0.05, 0) is 62.9 Å². The maximum atomic E-state index is 13.2. The molecule has 0 radical (unpaired) electrons. The molecule has 0 fully saturated rings. The predicted molar refractivity (Wildman–Crippen MR) is 250 cm³/mol. The number of nitrogens with zero attached hydrogens (tertiary/aromatic N) is 3. The number of carbonyl (C=O) groups excluding carboxylic acids is 6. The Kier molecular flexibility index (Phi) is 24.0. The molecule has 0 aliphatic carbocycles. The fraction of sp³-hybridized carbons (Fsp3) is 0.468. The second kappa shape index (κ2) is 30.3. The highest BCUT2D eigenvalue weighted by atomic mass is 16.6. The topological polar surface area (TPSA) is 315 Å². The number of imide groups is 1. The minimum Gasteiger partial charge on any atom is -0.508 e. The van der Waals surface area contributed by atoms with Crippen LogP contribution < -0.4 is 31.3 Å². The molecule has 0 unspecified atom stereocenters. The molecular weight excluding hydrogens is 917 g/mol. The maximum Gasteiger partial charge on any atom is 0.328 e. The summed E-state index contributed by atoms with van der Waals surface area (Å²) in [5, 5.41) is 43.2. The van der Waals surface area contributed by atoms with Crippen LogP contribution in [0.1, 0.15) is 63.4 Å². The molecule has 1 aliphatic heterocycles. The number of hydrogen-bond acceptors (Lipinski definition) is 17. The maximum absolute atomic E-state index is 13.2. The number of aryl methyl sites for hydroxylation is 3. The van der Waals surface area contributed by atoms with Crippen molar-refractivity contribution >= 4 is 47.4 Å². The molecule has 4 rings (SSSR count). The van der Waals surface area contributed by atoms with Gasteiger partial charge in [-0.3, -0.25) is 33.7 Å². The number of carboxylic acid groups (broad SMARTS) is 1. The lowest BCUT2D eigenvalue weighted by Crippen LogP contribution is -2.48. The monoisotopic (exact) mass is 978 g/mol. The number of carbonyl (C=O) groups is 7. The van der Waals surface area contributed by atoms with E-state index in [1.165, 1.54) is 30.4 Å². The molecule has 1 aromatic heterocycles. The van der Waals surface area contributed by atoms with Gasteiger partial charge in [-0.1, -0.05) is 12.1 Å². The number of aromatic hydroxyl groups is 2. The summed E-state index contributed by atoms with van der Waals surface area (Å²) in [4.78, 5) is 95.1. The highest BCUT2D eigenvalue weighted by Crippen LogP contribution is 2.22. The van der Waals surface area contributed by atoms with E-state index in [9.17, 15) is 48.9 Å². The van der Waals surface area contributed by atoms with Crippen LogP contribution in [0.5, 0.6) is 17.2 Å². The van der Waals surface area contributed by atoms with Crippen molar-refractivity contribution in [3.8, 4) is 17.2 Å². The molecule has 2 heterocycles. The average molecular weight is 979 g/mol. The molecule has 70 heavy (non-hydrogen) atoms. The van der Waals surface area contributed by atoms with Crippen LogP contribution >= 0.6 is 0 Å². The largest absolute Gasteiger partial charge is 0.508 e. The van der Waals surface area contributed by atoms with E-state index >= 15 is 0 Å². The van der Waals surface area contributed by atoms with Gasteiger partial charge in [0.15, 0.2) is 0 Å². The third-order valence-corrected chi connectivity index (χ3v) is 10.1. The molecule has 6 amide bonds.